The first-order valence-electron chi connectivity index (χ1n) is 7.02. The zero-order valence-corrected chi connectivity index (χ0v) is 15.8. The molecule has 2 aromatic rings. The Morgan fingerprint density at radius 3 is 2.61 bits per heavy atom. The summed E-state index contributed by atoms with van der Waals surface area (Å²) in [6.45, 7) is 3.90. The van der Waals surface area contributed by atoms with Gasteiger partial charge in [-0.25, -0.2) is 13.1 Å². The lowest BCUT2D eigenvalue weighted by molar-refractivity contribution is 0.581. The first-order valence-corrected chi connectivity index (χ1v) is 9.30. The highest BCUT2D eigenvalue weighted by Crippen LogP contribution is 2.20. The molecule has 0 amide bonds. The Kier molecular flexibility index (Phi) is 5.86. The molecule has 0 aromatic heterocycles. The van der Waals surface area contributed by atoms with Gasteiger partial charge < -0.3 is 5.32 Å². The van der Waals surface area contributed by atoms with Crippen LogP contribution in [0.2, 0.25) is 0 Å². The van der Waals surface area contributed by atoms with E-state index in [2.05, 4.69) is 38.1 Å². The molecule has 4 nitrogen and oxygen atoms in total. The lowest BCUT2D eigenvalue weighted by Gasteiger charge is -2.09. The minimum Gasteiger partial charge on any atom is -0.309 e. The minimum atomic E-state index is -3.51. The summed E-state index contributed by atoms with van der Waals surface area (Å²) in [4.78, 5) is 0.280. The first kappa shape index (κ1) is 18.4. The van der Waals surface area contributed by atoms with Gasteiger partial charge in [-0.1, -0.05) is 34.1 Å². The van der Waals surface area contributed by atoms with Gasteiger partial charge in [0.05, 0.1) is 4.90 Å². The molecule has 0 bridgehead atoms. The van der Waals surface area contributed by atoms with E-state index in [4.69, 9.17) is 0 Å². The third kappa shape index (κ3) is 4.33. The normalized spacial score (nSPS) is 13.5. The second-order valence-corrected chi connectivity index (χ2v) is 8.18. The maximum absolute atomic E-state index is 12.4. The first-order chi connectivity index (χ1) is 10.4. The van der Waals surface area contributed by atoms with E-state index in [1.54, 1.807) is 12.1 Å². The Bertz CT molecular complexity index is 805. The third-order valence-corrected chi connectivity index (χ3v) is 5.53. The van der Waals surface area contributed by atoms with E-state index >= 15 is 0 Å². The lowest BCUT2D eigenvalue weighted by atomic mass is 10.1. The van der Waals surface area contributed by atoms with Gasteiger partial charge in [-0.2, -0.15) is 0 Å². The van der Waals surface area contributed by atoms with Crippen molar-refractivity contribution in [3.05, 3.63) is 63.1 Å². The van der Waals surface area contributed by atoms with Crippen LogP contribution in [-0.2, 0) is 29.7 Å². The lowest BCUT2D eigenvalue weighted by Crippen LogP contribution is -2.23. The van der Waals surface area contributed by atoms with Crippen LogP contribution in [0.4, 0.5) is 0 Å². The highest BCUT2D eigenvalue weighted by atomic mass is 79.9. The van der Waals surface area contributed by atoms with Crippen molar-refractivity contribution in [2.24, 2.45) is 0 Å². The van der Waals surface area contributed by atoms with Gasteiger partial charge in [-0.15, -0.1) is 12.4 Å². The fourth-order valence-electron chi connectivity index (χ4n) is 2.58. The van der Waals surface area contributed by atoms with Crippen molar-refractivity contribution < 1.29 is 8.42 Å². The summed E-state index contributed by atoms with van der Waals surface area (Å²) in [7, 11) is -3.51. The molecule has 0 fully saturated rings. The highest BCUT2D eigenvalue weighted by Gasteiger charge is 2.16. The Balaban J connectivity index is 0.00000192. The fraction of sp³-hybridized carbons (Fsp3) is 0.250. The van der Waals surface area contributed by atoms with Crippen LogP contribution in [0.1, 0.15) is 22.3 Å². The molecule has 2 aromatic carbocycles. The highest BCUT2D eigenvalue weighted by molar-refractivity contribution is 9.10. The van der Waals surface area contributed by atoms with Crippen LogP contribution in [-0.4, -0.2) is 8.42 Å². The van der Waals surface area contributed by atoms with Crippen molar-refractivity contribution in [1.29, 1.82) is 0 Å². The number of rotatable bonds is 4. The summed E-state index contributed by atoms with van der Waals surface area (Å²) >= 11 is 3.34. The van der Waals surface area contributed by atoms with E-state index in [9.17, 15) is 8.42 Å². The topological polar surface area (TPSA) is 58.2 Å². The van der Waals surface area contributed by atoms with Crippen LogP contribution in [0.25, 0.3) is 0 Å². The monoisotopic (exact) mass is 416 g/mol. The summed E-state index contributed by atoms with van der Waals surface area (Å²) in [5.41, 5.74) is 4.40. The van der Waals surface area contributed by atoms with Gasteiger partial charge in [0.2, 0.25) is 10.0 Å². The van der Waals surface area contributed by atoms with Gasteiger partial charge in [0.1, 0.15) is 0 Å². The van der Waals surface area contributed by atoms with E-state index in [1.807, 2.05) is 19.1 Å². The van der Waals surface area contributed by atoms with E-state index in [-0.39, 0.29) is 17.3 Å². The zero-order valence-electron chi connectivity index (χ0n) is 12.6. The summed E-state index contributed by atoms with van der Waals surface area (Å²) in [6.07, 6.45) is 0. The molecule has 0 saturated carbocycles. The standard InChI is InChI=1S/C16H17BrN2O2S.ClH/c1-11-4-15(17)7-16(5-11)22(20,21)19-8-12-2-3-13-9-18-10-14(13)6-12;/h2-7,18-19H,8-10H2,1H3;1H. The van der Waals surface area contributed by atoms with Crippen LogP contribution in [0.5, 0.6) is 0 Å². The van der Waals surface area contributed by atoms with Gasteiger partial charge in [0.15, 0.2) is 0 Å². The smallest absolute Gasteiger partial charge is 0.240 e. The number of sulfonamides is 1. The average Bonchev–Trinajstić information content (AvgIpc) is 2.91. The molecule has 3 rings (SSSR count). The summed E-state index contributed by atoms with van der Waals surface area (Å²) in [5, 5.41) is 3.28. The van der Waals surface area contributed by atoms with Crippen LogP contribution in [0.15, 0.2) is 45.8 Å². The molecule has 7 heteroatoms. The van der Waals surface area contributed by atoms with Crippen LogP contribution in [0, 0.1) is 6.92 Å². The molecule has 1 aliphatic heterocycles. The molecule has 0 unspecified atom stereocenters. The predicted octanol–water partition coefficient (Wildman–Crippen LogP) is 3.26. The molecule has 124 valence electrons. The van der Waals surface area contributed by atoms with E-state index < -0.39 is 10.0 Å². The SMILES string of the molecule is Cc1cc(Br)cc(S(=O)(=O)NCc2ccc3c(c2)CNC3)c1.Cl. The number of fused-ring (bicyclic) bond motifs is 1. The molecule has 2 N–H and O–H groups in total. The fourth-order valence-corrected chi connectivity index (χ4v) is 4.48. The summed E-state index contributed by atoms with van der Waals surface area (Å²) in [6, 6.07) is 11.3. The zero-order chi connectivity index (χ0) is 15.7. The molecular weight excluding hydrogens is 400 g/mol. The van der Waals surface area contributed by atoms with Gasteiger partial charge in [0.25, 0.3) is 0 Å². The predicted molar refractivity (Wildman–Crippen MR) is 97.1 cm³/mol. The van der Waals surface area contributed by atoms with Gasteiger partial charge >= 0.3 is 0 Å². The number of nitrogens with one attached hydrogen (secondary N) is 2. The van der Waals surface area contributed by atoms with Crippen molar-refractivity contribution in [1.82, 2.24) is 10.0 Å². The third-order valence-electron chi connectivity index (χ3n) is 3.69. The van der Waals surface area contributed by atoms with Gasteiger partial charge in [-0.3, -0.25) is 0 Å². The maximum Gasteiger partial charge on any atom is 0.240 e. The molecule has 0 aliphatic carbocycles. The van der Waals surface area contributed by atoms with Crippen molar-refractivity contribution in [3.8, 4) is 0 Å². The van der Waals surface area contributed by atoms with Crippen LogP contribution >= 0.6 is 28.3 Å². The molecule has 0 atom stereocenters. The summed E-state index contributed by atoms with van der Waals surface area (Å²) in [5.74, 6) is 0. The number of hydrogen-bond acceptors (Lipinski definition) is 3. The van der Waals surface area contributed by atoms with Crippen molar-refractivity contribution >= 4 is 38.4 Å². The number of halogens is 2. The molecule has 23 heavy (non-hydrogen) atoms. The second-order valence-electron chi connectivity index (χ2n) is 5.50. The van der Waals surface area contributed by atoms with E-state index in [0.717, 1.165) is 28.7 Å². The van der Waals surface area contributed by atoms with Gasteiger partial charge in [-0.05, 0) is 47.4 Å². The molecule has 0 radical (unpaired) electrons. The quantitative estimate of drug-likeness (QED) is 0.803. The van der Waals surface area contributed by atoms with Crippen LogP contribution in [0.3, 0.4) is 0 Å². The average molecular weight is 418 g/mol. The van der Waals surface area contributed by atoms with Crippen molar-refractivity contribution in [2.75, 3.05) is 0 Å². The molecule has 1 heterocycles. The van der Waals surface area contributed by atoms with Gasteiger partial charge in [0, 0.05) is 24.1 Å². The number of aryl methyl sites for hydroxylation is 1. The Morgan fingerprint density at radius 1 is 1.13 bits per heavy atom. The van der Waals surface area contributed by atoms with E-state index in [0.29, 0.717) is 6.54 Å². The van der Waals surface area contributed by atoms with Crippen LogP contribution < -0.4 is 10.0 Å². The Morgan fingerprint density at radius 2 is 1.87 bits per heavy atom. The Labute approximate surface area is 151 Å². The van der Waals surface area contributed by atoms with Crippen molar-refractivity contribution in [3.63, 3.8) is 0 Å². The van der Waals surface area contributed by atoms with E-state index in [1.165, 1.54) is 11.1 Å². The molecule has 0 saturated heterocycles. The number of benzene rings is 2. The molecule has 0 spiro atoms. The minimum absolute atomic E-state index is 0. The largest absolute Gasteiger partial charge is 0.309 e. The molecule has 1 aliphatic rings. The second kappa shape index (κ2) is 7.32. The maximum atomic E-state index is 12.4. The number of hydrogen-bond donors (Lipinski definition) is 2. The molecular formula is C16H18BrClN2O2S. The summed E-state index contributed by atoms with van der Waals surface area (Å²) < 4.78 is 28.2. The van der Waals surface area contributed by atoms with Crippen molar-refractivity contribution in [2.45, 2.75) is 31.5 Å². The Hall–Kier alpha value is -0.920.